The molecule has 1 fully saturated rings. The number of piperidine rings is 1. The highest BCUT2D eigenvalue weighted by molar-refractivity contribution is 14.1. The molecule has 5 nitrogen and oxygen atoms in total. The van der Waals surface area contributed by atoms with Gasteiger partial charge in [-0.3, -0.25) is 4.79 Å². The molecular weight excluding hydrogens is 437 g/mol. The third-order valence-corrected chi connectivity index (χ3v) is 4.84. The van der Waals surface area contributed by atoms with E-state index in [2.05, 4.69) is 43.7 Å². The van der Waals surface area contributed by atoms with Crippen LogP contribution in [0.5, 0.6) is 0 Å². The number of amidine groups is 1. The Kier molecular flexibility index (Phi) is 5.25. The second kappa shape index (κ2) is 6.75. The molecule has 1 aliphatic rings. The van der Waals surface area contributed by atoms with E-state index in [1.54, 1.807) is 0 Å². The summed E-state index contributed by atoms with van der Waals surface area (Å²) < 4.78 is 1.84. The Balaban J connectivity index is 2.07. The predicted molar refractivity (Wildman–Crippen MR) is 88.9 cm³/mol. The summed E-state index contributed by atoms with van der Waals surface area (Å²) in [4.78, 5) is 14.3. The lowest BCUT2D eigenvalue weighted by Gasteiger charge is -2.31. The normalized spacial score (nSPS) is 17.3. The molecule has 1 aromatic rings. The first-order chi connectivity index (χ1) is 9.52. The van der Waals surface area contributed by atoms with Crippen molar-refractivity contribution < 1.29 is 10.0 Å². The van der Waals surface area contributed by atoms with Gasteiger partial charge < -0.3 is 15.8 Å². The van der Waals surface area contributed by atoms with Crippen LogP contribution in [0.15, 0.2) is 27.8 Å². The summed E-state index contributed by atoms with van der Waals surface area (Å²) in [6.45, 7) is 1.25. The van der Waals surface area contributed by atoms with Crippen molar-refractivity contribution >= 4 is 50.3 Å². The van der Waals surface area contributed by atoms with Crippen LogP contribution in [0.4, 0.5) is 0 Å². The van der Waals surface area contributed by atoms with Crippen LogP contribution in [0.2, 0.25) is 0 Å². The third-order valence-electron chi connectivity index (χ3n) is 3.47. The van der Waals surface area contributed by atoms with Crippen LogP contribution in [-0.2, 0) is 0 Å². The van der Waals surface area contributed by atoms with Crippen LogP contribution in [-0.4, -0.2) is 34.9 Å². The molecule has 1 aliphatic heterocycles. The van der Waals surface area contributed by atoms with Gasteiger partial charge >= 0.3 is 0 Å². The lowest BCUT2D eigenvalue weighted by Crippen LogP contribution is -2.41. The van der Waals surface area contributed by atoms with Gasteiger partial charge in [0, 0.05) is 27.1 Å². The number of oxime groups is 1. The molecule has 0 aliphatic carbocycles. The number of nitrogens with two attached hydrogens (primary N) is 1. The lowest BCUT2D eigenvalue weighted by molar-refractivity contribution is 0.0708. The fourth-order valence-corrected chi connectivity index (χ4v) is 3.20. The zero-order valence-corrected chi connectivity index (χ0v) is 14.5. The number of halogens is 2. The number of hydrogen-bond donors (Lipinski definition) is 2. The van der Waals surface area contributed by atoms with Crippen LogP contribution < -0.4 is 5.73 Å². The number of hydrogen-bond acceptors (Lipinski definition) is 3. The number of amides is 1. The molecule has 1 saturated heterocycles. The van der Waals surface area contributed by atoms with Gasteiger partial charge in [-0.1, -0.05) is 5.16 Å². The number of benzene rings is 1. The highest BCUT2D eigenvalue weighted by Gasteiger charge is 2.26. The van der Waals surface area contributed by atoms with Crippen LogP contribution in [0.3, 0.4) is 0 Å². The fraction of sp³-hybridized carbons (Fsp3) is 0.385. The van der Waals surface area contributed by atoms with E-state index in [0.29, 0.717) is 18.7 Å². The summed E-state index contributed by atoms with van der Waals surface area (Å²) in [6.07, 6.45) is 1.45. The number of carbonyl (C=O) groups excluding carboxylic acids is 1. The molecule has 20 heavy (non-hydrogen) atoms. The molecule has 7 heteroatoms. The second-order valence-corrected chi connectivity index (χ2v) is 6.82. The van der Waals surface area contributed by atoms with Gasteiger partial charge in [0.1, 0.15) is 5.84 Å². The fourth-order valence-electron chi connectivity index (χ4n) is 2.29. The molecule has 0 saturated carbocycles. The van der Waals surface area contributed by atoms with Crippen molar-refractivity contribution in [3.8, 4) is 0 Å². The third kappa shape index (κ3) is 3.43. The van der Waals surface area contributed by atoms with Gasteiger partial charge in [-0.15, -0.1) is 0 Å². The minimum Gasteiger partial charge on any atom is -0.409 e. The Morgan fingerprint density at radius 1 is 1.45 bits per heavy atom. The first-order valence-corrected chi connectivity index (χ1v) is 8.12. The molecule has 0 bridgehead atoms. The molecule has 1 amide bonds. The monoisotopic (exact) mass is 451 g/mol. The second-order valence-electron chi connectivity index (χ2n) is 4.72. The van der Waals surface area contributed by atoms with Gasteiger partial charge in [0.05, 0.1) is 5.56 Å². The molecule has 0 spiro atoms. The summed E-state index contributed by atoms with van der Waals surface area (Å²) in [5, 5.41) is 11.7. The summed E-state index contributed by atoms with van der Waals surface area (Å²) in [7, 11) is 0. The molecule has 2 rings (SSSR count). The molecule has 0 atom stereocenters. The highest BCUT2D eigenvalue weighted by atomic mass is 127. The van der Waals surface area contributed by atoms with Gasteiger partial charge in [0.2, 0.25) is 0 Å². The number of carbonyl (C=O) groups is 1. The molecule has 1 aromatic carbocycles. The van der Waals surface area contributed by atoms with Gasteiger partial charge in [-0.05, 0) is 69.6 Å². The number of rotatable bonds is 2. The van der Waals surface area contributed by atoms with Crippen molar-refractivity contribution in [3.63, 3.8) is 0 Å². The summed E-state index contributed by atoms with van der Waals surface area (Å²) in [5.74, 6) is 0.337. The van der Waals surface area contributed by atoms with Crippen molar-refractivity contribution in [2.75, 3.05) is 13.1 Å². The molecular formula is C13H15BrIN3O2. The minimum absolute atomic E-state index is 0.0216. The maximum absolute atomic E-state index is 12.5. The predicted octanol–water partition coefficient (Wildman–Crippen LogP) is 2.65. The topological polar surface area (TPSA) is 78.9 Å². The Labute approximate surface area is 139 Å². The Morgan fingerprint density at radius 2 is 2.10 bits per heavy atom. The van der Waals surface area contributed by atoms with Gasteiger partial charge in [0.15, 0.2) is 0 Å². The Bertz CT molecular complexity index is 542. The molecule has 108 valence electrons. The SMILES string of the molecule is N/C(=N/O)C1CCN(C(=O)c2cc(I)ccc2Br)CC1. The van der Waals surface area contributed by atoms with E-state index in [0.717, 1.165) is 20.9 Å². The van der Waals surface area contributed by atoms with Crippen LogP contribution >= 0.6 is 38.5 Å². The van der Waals surface area contributed by atoms with Crippen molar-refractivity contribution in [1.82, 2.24) is 4.90 Å². The van der Waals surface area contributed by atoms with Gasteiger partial charge in [-0.25, -0.2) is 0 Å². The number of likely N-dealkylation sites (tertiary alicyclic amines) is 1. The standard InChI is InChI=1S/C13H15BrIN3O2/c14-11-2-1-9(15)7-10(11)13(19)18-5-3-8(4-6-18)12(16)17-20/h1-2,7-8,20H,3-6H2,(H2,16,17). The smallest absolute Gasteiger partial charge is 0.255 e. The van der Waals surface area contributed by atoms with Gasteiger partial charge in [0.25, 0.3) is 5.91 Å². The summed E-state index contributed by atoms with van der Waals surface area (Å²) in [5.41, 5.74) is 6.29. The van der Waals surface area contributed by atoms with E-state index in [1.165, 1.54) is 0 Å². The molecule has 0 aromatic heterocycles. The summed E-state index contributed by atoms with van der Waals surface area (Å²) in [6, 6.07) is 5.72. The molecule has 3 N–H and O–H groups in total. The van der Waals surface area contributed by atoms with E-state index in [4.69, 9.17) is 10.9 Å². The molecule has 0 radical (unpaired) electrons. The van der Waals surface area contributed by atoms with E-state index in [9.17, 15) is 4.79 Å². The Morgan fingerprint density at radius 3 is 2.70 bits per heavy atom. The van der Waals surface area contributed by atoms with Gasteiger partial charge in [-0.2, -0.15) is 0 Å². The van der Waals surface area contributed by atoms with Crippen LogP contribution in [0, 0.1) is 9.49 Å². The van der Waals surface area contributed by atoms with E-state index >= 15 is 0 Å². The maximum Gasteiger partial charge on any atom is 0.255 e. The molecule has 1 heterocycles. The quantitative estimate of drug-likeness (QED) is 0.238. The van der Waals surface area contributed by atoms with E-state index in [1.807, 2.05) is 23.1 Å². The minimum atomic E-state index is 0.0216. The zero-order chi connectivity index (χ0) is 14.7. The van der Waals surface area contributed by atoms with E-state index < -0.39 is 0 Å². The first-order valence-electron chi connectivity index (χ1n) is 6.24. The van der Waals surface area contributed by atoms with Crippen molar-refractivity contribution in [2.45, 2.75) is 12.8 Å². The highest BCUT2D eigenvalue weighted by Crippen LogP contribution is 2.24. The van der Waals surface area contributed by atoms with E-state index in [-0.39, 0.29) is 17.7 Å². The average molecular weight is 452 g/mol. The summed E-state index contributed by atoms with van der Waals surface area (Å²) >= 11 is 5.61. The maximum atomic E-state index is 12.5. The number of nitrogens with zero attached hydrogens (tertiary/aromatic N) is 2. The van der Waals surface area contributed by atoms with Crippen LogP contribution in [0.25, 0.3) is 0 Å². The van der Waals surface area contributed by atoms with Crippen molar-refractivity contribution in [3.05, 3.63) is 31.8 Å². The Hall–Kier alpha value is -0.830. The average Bonchev–Trinajstić information content (AvgIpc) is 2.48. The van der Waals surface area contributed by atoms with Crippen molar-refractivity contribution in [2.24, 2.45) is 16.8 Å². The van der Waals surface area contributed by atoms with Crippen molar-refractivity contribution in [1.29, 1.82) is 0 Å². The first kappa shape index (κ1) is 15.6. The van der Waals surface area contributed by atoms with Crippen LogP contribution in [0.1, 0.15) is 23.2 Å². The molecule has 0 unspecified atom stereocenters. The largest absolute Gasteiger partial charge is 0.409 e. The lowest BCUT2D eigenvalue weighted by atomic mass is 9.95. The zero-order valence-electron chi connectivity index (χ0n) is 10.7.